The Labute approximate surface area is 137 Å². The molecule has 0 aliphatic heterocycles. The zero-order valence-electron chi connectivity index (χ0n) is 13.6. The average Bonchev–Trinajstić information content (AvgIpc) is 3.04. The molecule has 126 valence electrons. The third-order valence-corrected chi connectivity index (χ3v) is 4.34. The van der Waals surface area contributed by atoms with E-state index in [0.29, 0.717) is 18.2 Å². The van der Waals surface area contributed by atoms with Crippen LogP contribution in [-0.4, -0.2) is 23.6 Å². The molecule has 23 heavy (non-hydrogen) atoms. The van der Waals surface area contributed by atoms with Crippen LogP contribution < -0.4 is 10.1 Å². The molecule has 0 spiro atoms. The lowest BCUT2D eigenvalue weighted by atomic mass is 9.94. The summed E-state index contributed by atoms with van der Waals surface area (Å²) >= 11 is 0. The fourth-order valence-electron chi connectivity index (χ4n) is 3.11. The number of carbonyl (C=O) groups is 2. The molecule has 0 bridgehead atoms. The number of hydrogen-bond donors (Lipinski definition) is 2. The van der Waals surface area contributed by atoms with Crippen molar-refractivity contribution in [3.8, 4) is 5.75 Å². The molecule has 1 aliphatic carbocycles. The van der Waals surface area contributed by atoms with Crippen LogP contribution in [0, 0.1) is 11.8 Å². The minimum atomic E-state index is -1.01. The van der Waals surface area contributed by atoms with Gasteiger partial charge in [0.2, 0.25) is 5.91 Å². The number of carbonyl (C=O) groups excluding carboxylic acids is 1. The molecule has 1 aromatic rings. The van der Waals surface area contributed by atoms with Gasteiger partial charge in [0.15, 0.2) is 6.61 Å². The predicted molar refractivity (Wildman–Crippen MR) is 87.2 cm³/mol. The van der Waals surface area contributed by atoms with Crippen molar-refractivity contribution in [2.24, 2.45) is 11.8 Å². The normalized spacial score (nSPS) is 16.0. The van der Waals surface area contributed by atoms with Crippen molar-refractivity contribution >= 4 is 11.9 Å². The first-order chi connectivity index (χ1) is 11.0. The first kappa shape index (κ1) is 17.3. The van der Waals surface area contributed by atoms with E-state index >= 15 is 0 Å². The van der Waals surface area contributed by atoms with Crippen LogP contribution in [0.4, 0.5) is 0 Å². The highest BCUT2D eigenvalue weighted by atomic mass is 16.5. The van der Waals surface area contributed by atoms with Gasteiger partial charge in [-0.2, -0.15) is 0 Å². The predicted octanol–water partition coefficient (Wildman–Crippen LogP) is 2.98. The number of carboxylic acid groups (broad SMARTS) is 1. The second kappa shape index (κ2) is 8.56. The third kappa shape index (κ3) is 5.93. The van der Waals surface area contributed by atoms with Crippen LogP contribution in [0.2, 0.25) is 0 Å². The lowest BCUT2D eigenvalue weighted by Gasteiger charge is -2.16. The van der Waals surface area contributed by atoms with Gasteiger partial charge in [0.05, 0.1) is 0 Å². The molecule has 1 amide bonds. The lowest BCUT2D eigenvalue weighted by Crippen LogP contribution is -2.29. The number of hydrogen-bond acceptors (Lipinski definition) is 3. The van der Waals surface area contributed by atoms with Crippen molar-refractivity contribution in [2.45, 2.75) is 45.6 Å². The van der Waals surface area contributed by atoms with Gasteiger partial charge in [-0.15, -0.1) is 0 Å². The smallest absolute Gasteiger partial charge is 0.341 e. The van der Waals surface area contributed by atoms with Gasteiger partial charge < -0.3 is 15.2 Å². The molecule has 1 atom stereocenters. The topological polar surface area (TPSA) is 75.6 Å². The zero-order chi connectivity index (χ0) is 16.7. The summed E-state index contributed by atoms with van der Waals surface area (Å²) in [5, 5.41) is 11.6. The van der Waals surface area contributed by atoms with Crippen LogP contribution in [0.5, 0.6) is 5.75 Å². The molecule has 1 fully saturated rings. The molecule has 5 heteroatoms. The van der Waals surface area contributed by atoms with E-state index in [1.54, 1.807) is 18.2 Å². The molecule has 0 radical (unpaired) electrons. The SMILES string of the molecule is CC(CC1CCCC1)C(=O)NCc1cccc(OCC(=O)O)c1. The highest BCUT2D eigenvalue weighted by Crippen LogP contribution is 2.30. The van der Waals surface area contributed by atoms with Crippen molar-refractivity contribution < 1.29 is 19.4 Å². The zero-order valence-corrected chi connectivity index (χ0v) is 13.6. The van der Waals surface area contributed by atoms with Gasteiger partial charge in [-0.25, -0.2) is 4.79 Å². The van der Waals surface area contributed by atoms with E-state index in [9.17, 15) is 9.59 Å². The van der Waals surface area contributed by atoms with Crippen LogP contribution in [0.15, 0.2) is 24.3 Å². The van der Waals surface area contributed by atoms with Crippen LogP contribution >= 0.6 is 0 Å². The van der Waals surface area contributed by atoms with Crippen LogP contribution in [0.1, 0.15) is 44.6 Å². The van der Waals surface area contributed by atoms with Crippen molar-refractivity contribution in [3.63, 3.8) is 0 Å². The quantitative estimate of drug-likeness (QED) is 0.772. The van der Waals surface area contributed by atoms with E-state index in [1.807, 2.05) is 13.0 Å². The molecule has 5 nitrogen and oxygen atoms in total. The Kier molecular flexibility index (Phi) is 6.44. The second-order valence-corrected chi connectivity index (χ2v) is 6.33. The van der Waals surface area contributed by atoms with Gasteiger partial charge in [0.1, 0.15) is 5.75 Å². The summed E-state index contributed by atoms with van der Waals surface area (Å²) in [5.74, 6) is 0.296. The Bertz CT molecular complexity index is 538. The molecule has 0 saturated heterocycles. The molecule has 0 aromatic heterocycles. The van der Waals surface area contributed by atoms with Crippen LogP contribution in [0.3, 0.4) is 0 Å². The number of amides is 1. The number of benzene rings is 1. The molecule has 0 heterocycles. The molecule has 2 N–H and O–H groups in total. The van der Waals surface area contributed by atoms with Gasteiger partial charge in [0.25, 0.3) is 0 Å². The Morgan fingerprint density at radius 2 is 2.09 bits per heavy atom. The largest absolute Gasteiger partial charge is 0.482 e. The maximum atomic E-state index is 12.2. The van der Waals surface area contributed by atoms with Crippen molar-refractivity contribution in [1.82, 2.24) is 5.32 Å². The Balaban J connectivity index is 1.78. The Morgan fingerprint density at radius 3 is 2.78 bits per heavy atom. The average molecular weight is 319 g/mol. The van der Waals surface area contributed by atoms with Gasteiger partial charge in [0, 0.05) is 12.5 Å². The third-order valence-electron chi connectivity index (χ3n) is 4.34. The first-order valence-corrected chi connectivity index (χ1v) is 8.26. The highest BCUT2D eigenvalue weighted by molar-refractivity contribution is 5.78. The number of aliphatic carboxylic acids is 1. The van der Waals surface area contributed by atoms with Gasteiger partial charge in [-0.3, -0.25) is 4.79 Å². The monoisotopic (exact) mass is 319 g/mol. The first-order valence-electron chi connectivity index (χ1n) is 8.26. The number of ether oxygens (including phenoxy) is 1. The Hall–Kier alpha value is -2.04. The maximum Gasteiger partial charge on any atom is 0.341 e. The van der Waals surface area contributed by atoms with Gasteiger partial charge in [-0.1, -0.05) is 44.7 Å². The number of nitrogens with one attached hydrogen (secondary N) is 1. The summed E-state index contributed by atoms with van der Waals surface area (Å²) in [5.41, 5.74) is 0.898. The number of carboxylic acids is 1. The highest BCUT2D eigenvalue weighted by Gasteiger charge is 2.21. The summed E-state index contributed by atoms with van der Waals surface area (Å²) in [6, 6.07) is 7.14. The minimum Gasteiger partial charge on any atom is -0.482 e. The molecule has 1 aliphatic rings. The summed E-state index contributed by atoms with van der Waals surface area (Å²) in [6.45, 7) is 2.05. The summed E-state index contributed by atoms with van der Waals surface area (Å²) < 4.78 is 5.14. The van der Waals surface area contributed by atoms with Crippen molar-refractivity contribution in [3.05, 3.63) is 29.8 Å². The summed E-state index contributed by atoms with van der Waals surface area (Å²) in [6.07, 6.45) is 6.05. The maximum absolute atomic E-state index is 12.2. The van der Waals surface area contributed by atoms with Crippen molar-refractivity contribution in [2.75, 3.05) is 6.61 Å². The van der Waals surface area contributed by atoms with Crippen LogP contribution in [0.25, 0.3) is 0 Å². The lowest BCUT2D eigenvalue weighted by molar-refractivity contribution is -0.139. The summed E-state index contributed by atoms with van der Waals surface area (Å²) in [7, 11) is 0. The standard InChI is InChI=1S/C18H25NO4/c1-13(9-14-5-2-3-6-14)18(22)19-11-15-7-4-8-16(10-15)23-12-17(20)21/h4,7-8,10,13-14H,2-3,5-6,9,11-12H2,1H3,(H,19,22)(H,20,21). The van der Waals surface area contributed by atoms with Crippen LogP contribution in [-0.2, 0) is 16.1 Å². The molecule has 1 aromatic carbocycles. The van der Waals surface area contributed by atoms with Crippen molar-refractivity contribution in [1.29, 1.82) is 0 Å². The second-order valence-electron chi connectivity index (χ2n) is 6.33. The number of rotatable bonds is 8. The fourth-order valence-corrected chi connectivity index (χ4v) is 3.11. The van der Waals surface area contributed by atoms with E-state index in [1.165, 1.54) is 25.7 Å². The molecular formula is C18H25NO4. The molecule has 2 rings (SSSR count). The molecule has 1 saturated carbocycles. The molecular weight excluding hydrogens is 294 g/mol. The van der Waals surface area contributed by atoms with E-state index in [2.05, 4.69) is 5.32 Å². The van der Waals surface area contributed by atoms with Gasteiger partial charge >= 0.3 is 5.97 Å². The summed E-state index contributed by atoms with van der Waals surface area (Å²) in [4.78, 5) is 22.7. The van der Waals surface area contributed by atoms with Gasteiger partial charge in [-0.05, 0) is 30.0 Å². The van der Waals surface area contributed by atoms with E-state index in [-0.39, 0.29) is 18.4 Å². The fraction of sp³-hybridized carbons (Fsp3) is 0.556. The Morgan fingerprint density at radius 1 is 1.35 bits per heavy atom. The van der Waals surface area contributed by atoms with E-state index in [0.717, 1.165) is 12.0 Å². The minimum absolute atomic E-state index is 0.0320. The molecule has 1 unspecified atom stereocenters. The van der Waals surface area contributed by atoms with E-state index in [4.69, 9.17) is 9.84 Å². The van der Waals surface area contributed by atoms with E-state index < -0.39 is 5.97 Å².